The van der Waals surface area contributed by atoms with Gasteiger partial charge in [0.15, 0.2) is 0 Å². The van der Waals surface area contributed by atoms with E-state index >= 15 is 0 Å². The molecule has 2 atom stereocenters. The maximum atomic E-state index is 13.2. The second-order valence-electron chi connectivity index (χ2n) is 7.65. The highest BCUT2D eigenvalue weighted by atomic mass is 19.4. The van der Waals surface area contributed by atoms with Gasteiger partial charge in [-0.3, -0.25) is 4.79 Å². The highest BCUT2D eigenvalue weighted by molar-refractivity contribution is 5.95. The van der Waals surface area contributed by atoms with Gasteiger partial charge in [0.25, 0.3) is 0 Å². The fourth-order valence-electron chi connectivity index (χ4n) is 4.77. The molecule has 0 spiro atoms. The van der Waals surface area contributed by atoms with Gasteiger partial charge in [-0.15, -0.1) is 0 Å². The van der Waals surface area contributed by atoms with Crippen LogP contribution in [0.25, 0.3) is 10.9 Å². The van der Waals surface area contributed by atoms with E-state index in [0.29, 0.717) is 12.1 Å². The largest absolute Gasteiger partial charge is 0.416 e. The van der Waals surface area contributed by atoms with Crippen LogP contribution in [-0.4, -0.2) is 17.0 Å². The van der Waals surface area contributed by atoms with Crippen LogP contribution in [0.5, 0.6) is 0 Å². The number of halogens is 3. The first-order chi connectivity index (χ1) is 13.4. The lowest BCUT2D eigenvalue weighted by Gasteiger charge is -2.18. The minimum Gasteiger partial charge on any atom is -0.355 e. The lowest BCUT2D eigenvalue weighted by Crippen LogP contribution is -2.18. The standard InChI is InChI=1S/C22H19F3N2O/c23-22(24,25)15-7-1-5-14(10-15)17-11-26-21(28)19(17)18-12-27-9-3-6-13-4-2-8-16(18)20(13)27/h1-2,4-5,7-8,10,12,17,19H,3,6,9,11H2,(H,26,28)/t17-,19+/m0/s1. The Kier molecular flexibility index (Phi) is 3.79. The summed E-state index contributed by atoms with van der Waals surface area (Å²) < 4.78 is 41.7. The van der Waals surface area contributed by atoms with E-state index in [1.807, 2.05) is 18.3 Å². The summed E-state index contributed by atoms with van der Waals surface area (Å²) in [4.78, 5) is 12.7. The number of benzene rings is 2. The predicted octanol–water partition coefficient (Wildman–Crippen LogP) is 4.60. The van der Waals surface area contributed by atoms with E-state index in [1.54, 1.807) is 6.07 Å². The van der Waals surface area contributed by atoms with Crippen molar-refractivity contribution in [1.82, 2.24) is 9.88 Å². The number of aryl methyl sites for hydroxylation is 2. The van der Waals surface area contributed by atoms with Gasteiger partial charge in [-0.05, 0) is 35.6 Å². The molecule has 2 aliphatic rings. The Labute approximate surface area is 160 Å². The molecule has 2 aromatic carbocycles. The molecule has 3 nitrogen and oxygen atoms in total. The second kappa shape index (κ2) is 6.12. The molecular weight excluding hydrogens is 365 g/mol. The molecule has 3 heterocycles. The van der Waals surface area contributed by atoms with Crippen LogP contribution in [0.4, 0.5) is 13.2 Å². The number of carbonyl (C=O) groups is 1. The van der Waals surface area contributed by atoms with Gasteiger partial charge >= 0.3 is 6.18 Å². The van der Waals surface area contributed by atoms with E-state index in [1.165, 1.54) is 17.7 Å². The van der Waals surface area contributed by atoms with Gasteiger partial charge in [-0.1, -0.05) is 36.4 Å². The molecule has 1 amide bonds. The zero-order chi connectivity index (χ0) is 19.5. The van der Waals surface area contributed by atoms with Crippen LogP contribution in [0.1, 0.15) is 40.5 Å². The molecule has 1 saturated heterocycles. The summed E-state index contributed by atoms with van der Waals surface area (Å²) in [6.07, 6.45) is -0.308. The predicted molar refractivity (Wildman–Crippen MR) is 100 cm³/mol. The van der Waals surface area contributed by atoms with Crippen molar-refractivity contribution < 1.29 is 18.0 Å². The number of hydrogen-bond donors (Lipinski definition) is 1. The van der Waals surface area contributed by atoms with Gasteiger partial charge in [-0.25, -0.2) is 0 Å². The van der Waals surface area contributed by atoms with Crippen LogP contribution >= 0.6 is 0 Å². The lowest BCUT2D eigenvalue weighted by atomic mass is 9.83. The van der Waals surface area contributed by atoms with Crippen LogP contribution in [0.15, 0.2) is 48.7 Å². The summed E-state index contributed by atoms with van der Waals surface area (Å²) in [5, 5.41) is 3.91. The number of alkyl halides is 3. The molecule has 0 aliphatic carbocycles. The fraction of sp³-hybridized carbons (Fsp3) is 0.318. The topological polar surface area (TPSA) is 34.0 Å². The minimum atomic E-state index is -4.40. The van der Waals surface area contributed by atoms with Crippen molar-refractivity contribution in [1.29, 1.82) is 0 Å². The van der Waals surface area contributed by atoms with Crippen molar-refractivity contribution in [3.8, 4) is 0 Å². The van der Waals surface area contributed by atoms with E-state index in [4.69, 9.17) is 0 Å². The van der Waals surface area contributed by atoms with Crippen molar-refractivity contribution >= 4 is 16.8 Å². The molecule has 1 N–H and O–H groups in total. The number of nitrogens with one attached hydrogen (secondary N) is 1. The number of amides is 1. The van der Waals surface area contributed by atoms with Crippen LogP contribution in [-0.2, 0) is 23.9 Å². The van der Waals surface area contributed by atoms with Crippen molar-refractivity contribution in [3.63, 3.8) is 0 Å². The second-order valence-corrected chi connectivity index (χ2v) is 7.65. The summed E-state index contributed by atoms with van der Waals surface area (Å²) in [6.45, 7) is 1.24. The Hall–Kier alpha value is -2.76. The maximum absolute atomic E-state index is 13.2. The molecule has 5 rings (SSSR count). The van der Waals surface area contributed by atoms with Gasteiger partial charge in [0, 0.05) is 30.6 Å². The molecule has 28 heavy (non-hydrogen) atoms. The molecule has 0 saturated carbocycles. The van der Waals surface area contributed by atoms with E-state index in [0.717, 1.165) is 41.9 Å². The fourth-order valence-corrected chi connectivity index (χ4v) is 4.77. The average molecular weight is 384 g/mol. The summed E-state index contributed by atoms with van der Waals surface area (Å²) in [5.41, 5.74) is 3.21. The molecule has 6 heteroatoms. The highest BCUT2D eigenvalue weighted by Crippen LogP contribution is 2.43. The number of nitrogens with zero attached hydrogens (tertiary/aromatic N) is 1. The van der Waals surface area contributed by atoms with Gasteiger partial charge in [0.1, 0.15) is 0 Å². The van der Waals surface area contributed by atoms with Crippen molar-refractivity contribution in [3.05, 3.63) is 70.9 Å². The monoisotopic (exact) mass is 384 g/mol. The molecule has 2 aliphatic heterocycles. The van der Waals surface area contributed by atoms with Crippen molar-refractivity contribution in [2.45, 2.75) is 37.4 Å². The highest BCUT2D eigenvalue weighted by Gasteiger charge is 2.40. The summed E-state index contributed by atoms with van der Waals surface area (Å²) in [7, 11) is 0. The van der Waals surface area contributed by atoms with Gasteiger partial charge in [-0.2, -0.15) is 13.2 Å². The van der Waals surface area contributed by atoms with Crippen molar-refractivity contribution in [2.75, 3.05) is 6.54 Å². The summed E-state index contributed by atoms with van der Waals surface area (Å²) in [5.74, 6) is -0.926. The van der Waals surface area contributed by atoms with E-state index in [-0.39, 0.29) is 11.8 Å². The normalized spacial score (nSPS) is 21.9. The SMILES string of the molecule is O=C1NC[C@@H](c2cccc(C(F)(F)F)c2)[C@@H]1c1cn2c3c(cccc13)CCC2. The van der Waals surface area contributed by atoms with Crippen molar-refractivity contribution in [2.24, 2.45) is 0 Å². The Morgan fingerprint density at radius 1 is 1.11 bits per heavy atom. The molecule has 0 radical (unpaired) electrons. The molecule has 1 fully saturated rings. The van der Waals surface area contributed by atoms with E-state index < -0.39 is 17.7 Å². The first kappa shape index (κ1) is 17.3. The van der Waals surface area contributed by atoms with Crippen LogP contribution in [0.3, 0.4) is 0 Å². The number of aromatic nitrogens is 1. The van der Waals surface area contributed by atoms with Crippen LogP contribution < -0.4 is 5.32 Å². The first-order valence-corrected chi connectivity index (χ1v) is 9.49. The Morgan fingerprint density at radius 2 is 1.93 bits per heavy atom. The smallest absolute Gasteiger partial charge is 0.355 e. The minimum absolute atomic E-state index is 0.119. The molecule has 3 aromatic rings. The van der Waals surface area contributed by atoms with Crippen LogP contribution in [0.2, 0.25) is 0 Å². The molecule has 0 bridgehead atoms. The Bertz CT molecular complexity index is 1080. The van der Waals surface area contributed by atoms with Crippen LogP contribution in [0, 0.1) is 0 Å². The molecule has 0 unspecified atom stereocenters. The number of hydrogen-bond acceptors (Lipinski definition) is 1. The zero-order valence-electron chi connectivity index (χ0n) is 15.1. The third kappa shape index (κ3) is 2.62. The summed E-state index contributed by atoms with van der Waals surface area (Å²) in [6, 6.07) is 11.5. The molecule has 1 aromatic heterocycles. The van der Waals surface area contributed by atoms with Gasteiger partial charge < -0.3 is 9.88 Å². The number of para-hydroxylation sites is 1. The van der Waals surface area contributed by atoms with E-state index in [9.17, 15) is 18.0 Å². The lowest BCUT2D eigenvalue weighted by molar-refractivity contribution is -0.137. The first-order valence-electron chi connectivity index (χ1n) is 9.49. The third-order valence-corrected chi connectivity index (χ3v) is 6.02. The third-order valence-electron chi connectivity index (χ3n) is 6.02. The molecular formula is C22H19F3N2O. The van der Waals surface area contributed by atoms with Gasteiger partial charge in [0.05, 0.1) is 17.0 Å². The van der Waals surface area contributed by atoms with E-state index in [2.05, 4.69) is 16.0 Å². The zero-order valence-corrected chi connectivity index (χ0v) is 15.1. The number of rotatable bonds is 2. The maximum Gasteiger partial charge on any atom is 0.416 e. The summed E-state index contributed by atoms with van der Waals surface area (Å²) >= 11 is 0. The Balaban J connectivity index is 1.63. The van der Waals surface area contributed by atoms with Gasteiger partial charge in [0.2, 0.25) is 5.91 Å². The Morgan fingerprint density at radius 3 is 2.75 bits per heavy atom. The quantitative estimate of drug-likeness (QED) is 0.688. The molecule has 144 valence electrons. The average Bonchev–Trinajstić information content (AvgIpc) is 3.23. The number of carbonyl (C=O) groups excluding carboxylic acids is 1.